The average molecular weight is 387 g/mol. The van der Waals surface area contributed by atoms with Gasteiger partial charge in [0.1, 0.15) is 0 Å². The third-order valence-corrected chi connectivity index (χ3v) is 4.98. The molecule has 152 valence electrons. The molecule has 0 spiro atoms. The lowest BCUT2D eigenvalue weighted by molar-refractivity contribution is -0.122. The molecule has 8 nitrogen and oxygen atoms in total. The van der Waals surface area contributed by atoms with Crippen LogP contribution in [0.25, 0.3) is 11.0 Å². The van der Waals surface area contributed by atoms with E-state index in [0.717, 1.165) is 50.1 Å². The summed E-state index contributed by atoms with van der Waals surface area (Å²) >= 11 is 0. The summed E-state index contributed by atoms with van der Waals surface area (Å²) in [4.78, 5) is 32.4. The number of fused-ring (bicyclic) bond motifs is 1. The Labute approximate surface area is 165 Å². The van der Waals surface area contributed by atoms with Gasteiger partial charge in [-0.25, -0.2) is 9.78 Å². The Hall–Kier alpha value is -2.61. The highest BCUT2D eigenvalue weighted by atomic mass is 16.2. The molecule has 0 unspecified atom stereocenters. The number of imidazole rings is 1. The minimum absolute atomic E-state index is 0.0226. The first kappa shape index (κ1) is 20.1. The monoisotopic (exact) mass is 386 g/mol. The van der Waals surface area contributed by atoms with E-state index in [9.17, 15) is 9.59 Å². The number of carbonyl (C=O) groups is 2. The molecule has 8 heteroatoms. The van der Waals surface area contributed by atoms with Gasteiger partial charge in [0.25, 0.3) is 0 Å². The summed E-state index contributed by atoms with van der Waals surface area (Å²) in [5.74, 6) is 0.0618. The van der Waals surface area contributed by atoms with Crippen molar-refractivity contribution >= 4 is 23.0 Å². The minimum Gasteiger partial charge on any atom is -0.355 e. The zero-order valence-electron chi connectivity index (χ0n) is 16.6. The SMILES string of the molecule is CCCNC(=O)CN1CCN(C(=O)NCCCn2cnc3ccccc32)CC1. The Morgan fingerprint density at radius 1 is 1.07 bits per heavy atom. The first-order chi connectivity index (χ1) is 13.7. The molecule has 1 aliphatic rings. The van der Waals surface area contributed by atoms with Crippen LogP contribution < -0.4 is 10.6 Å². The number of benzene rings is 1. The number of amides is 3. The van der Waals surface area contributed by atoms with Gasteiger partial charge in [-0.2, -0.15) is 0 Å². The van der Waals surface area contributed by atoms with Crippen molar-refractivity contribution in [3.05, 3.63) is 30.6 Å². The number of hydrogen-bond donors (Lipinski definition) is 2. The molecule has 1 saturated heterocycles. The van der Waals surface area contributed by atoms with E-state index in [1.165, 1.54) is 0 Å². The molecule has 1 aromatic carbocycles. The Bertz CT molecular complexity index is 782. The molecule has 0 saturated carbocycles. The van der Waals surface area contributed by atoms with Crippen molar-refractivity contribution in [1.29, 1.82) is 0 Å². The molecule has 1 fully saturated rings. The van der Waals surface area contributed by atoms with Gasteiger partial charge in [0.15, 0.2) is 0 Å². The number of aromatic nitrogens is 2. The van der Waals surface area contributed by atoms with E-state index < -0.39 is 0 Å². The topological polar surface area (TPSA) is 82.5 Å². The number of nitrogens with zero attached hydrogens (tertiary/aromatic N) is 4. The van der Waals surface area contributed by atoms with Crippen LogP contribution in [0.15, 0.2) is 30.6 Å². The van der Waals surface area contributed by atoms with Gasteiger partial charge in [-0.1, -0.05) is 19.1 Å². The lowest BCUT2D eigenvalue weighted by Crippen LogP contribution is -2.53. The average Bonchev–Trinajstić information content (AvgIpc) is 3.13. The van der Waals surface area contributed by atoms with Crippen LogP contribution in [-0.2, 0) is 11.3 Å². The molecule has 3 rings (SSSR count). The third kappa shape index (κ3) is 5.45. The predicted molar refractivity (Wildman–Crippen MR) is 109 cm³/mol. The van der Waals surface area contributed by atoms with Gasteiger partial charge in [-0.15, -0.1) is 0 Å². The largest absolute Gasteiger partial charge is 0.355 e. The van der Waals surface area contributed by atoms with Gasteiger partial charge in [0.2, 0.25) is 5.91 Å². The summed E-state index contributed by atoms with van der Waals surface area (Å²) in [5, 5.41) is 5.89. The van der Waals surface area contributed by atoms with Crippen molar-refractivity contribution in [3.63, 3.8) is 0 Å². The minimum atomic E-state index is -0.0226. The highest BCUT2D eigenvalue weighted by Crippen LogP contribution is 2.11. The fourth-order valence-electron chi connectivity index (χ4n) is 3.38. The molecule has 1 aliphatic heterocycles. The van der Waals surface area contributed by atoms with E-state index >= 15 is 0 Å². The van der Waals surface area contributed by atoms with Crippen molar-refractivity contribution in [2.75, 3.05) is 45.8 Å². The van der Waals surface area contributed by atoms with Crippen LogP contribution in [0, 0.1) is 0 Å². The van der Waals surface area contributed by atoms with Gasteiger partial charge >= 0.3 is 6.03 Å². The van der Waals surface area contributed by atoms with Crippen LogP contribution in [0.1, 0.15) is 19.8 Å². The van der Waals surface area contributed by atoms with E-state index in [1.54, 1.807) is 0 Å². The van der Waals surface area contributed by atoms with Gasteiger partial charge in [0.05, 0.1) is 23.9 Å². The summed E-state index contributed by atoms with van der Waals surface area (Å²) in [6, 6.07) is 8.03. The molecule has 28 heavy (non-hydrogen) atoms. The Morgan fingerprint density at radius 3 is 2.64 bits per heavy atom. The maximum absolute atomic E-state index is 12.3. The standard InChI is InChI=1S/C20H30N6O2/c1-2-8-21-19(27)15-24-11-13-25(14-12-24)20(28)22-9-5-10-26-16-23-17-6-3-4-7-18(17)26/h3-4,6-7,16H,2,5,8-15H2,1H3,(H,21,27)(H,22,28). The molecule has 3 amide bonds. The summed E-state index contributed by atoms with van der Waals surface area (Å²) in [6.07, 6.45) is 3.64. The van der Waals surface area contributed by atoms with Gasteiger partial charge < -0.3 is 20.1 Å². The van der Waals surface area contributed by atoms with Gasteiger partial charge in [-0.3, -0.25) is 9.69 Å². The zero-order valence-corrected chi connectivity index (χ0v) is 16.6. The fraction of sp³-hybridized carbons (Fsp3) is 0.550. The number of nitrogens with one attached hydrogen (secondary N) is 2. The van der Waals surface area contributed by atoms with Crippen molar-refractivity contribution in [2.24, 2.45) is 0 Å². The Balaban J connectivity index is 1.33. The second-order valence-electron chi connectivity index (χ2n) is 7.13. The number of hydrogen-bond acceptors (Lipinski definition) is 4. The number of carbonyl (C=O) groups excluding carboxylic acids is 2. The second kappa shape index (κ2) is 10.1. The highest BCUT2D eigenvalue weighted by Gasteiger charge is 2.21. The molecule has 0 aliphatic carbocycles. The first-order valence-corrected chi connectivity index (χ1v) is 10.1. The predicted octanol–water partition coefficient (Wildman–Crippen LogP) is 1.28. The van der Waals surface area contributed by atoms with Crippen LogP contribution >= 0.6 is 0 Å². The lowest BCUT2D eigenvalue weighted by atomic mass is 10.3. The van der Waals surface area contributed by atoms with E-state index in [0.29, 0.717) is 26.2 Å². The molecule has 2 heterocycles. The third-order valence-electron chi connectivity index (χ3n) is 4.98. The quantitative estimate of drug-likeness (QED) is 0.670. The van der Waals surface area contributed by atoms with Crippen molar-refractivity contribution in [1.82, 2.24) is 30.0 Å². The number of para-hydroxylation sites is 2. The molecular weight excluding hydrogens is 356 g/mol. The van der Waals surface area contributed by atoms with E-state index in [-0.39, 0.29) is 11.9 Å². The first-order valence-electron chi connectivity index (χ1n) is 10.1. The molecule has 0 bridgehead atoms. The van der Waals surface area contributed by atoms with Crippen LogP contribution in [-0.4, -0.2) is 77.1 Å². The van der Waals surface area contributed by atoms with Crippen molar-refractivity contribution in [2.45, 2.75) is 26.3 Å². The summed E-state index contributed by atoms with van der Waals surface area (Å²) in [7, 11) is 0. The number of urea groups is 1. The van der Waals surface area contributed by atoms with Crippen LogP contribution in [0.4, 0.5) is 4.79 Å². The molecule has 0 atom stereocenters. The normalized spacial score (nSPS) is 15.0. The lowest BCUT2D eigenvalue weighted by Gasteiger charge is -2.34. The van der Waals surface area contributed by atoms with Gasteiger partial charge in [-0.05, 0) is 25.0 Å². The van der Waals surface area contributed by atoms with Crippen LogP contribution in [0.5, 0.6) is 0 Å². The van der Waals surface area contributed by atoms with Crippen molar-refractivity contribution in [3.8, 4) is 0 Å². The van der Waals surface area contributed by atoms with E-state index in [1.807, 2.05) is 36.4 Å². The molecule has 2 aromatic rings. The second-order valence-corrected chi connectivity index (χ2v) is 7.13. The molecule has 1 aromatic heterocycles. The van der Waals surface area contributed by atoms with Crippen molar-refractivity contribution < 1.29 is 9.59 Å². The summed E-state index contributed by atoms with van der Waals surface area (Å²) in [5.41, 5.74) is 2.11. The number of piperazine rings is 1. The number of rotatable bonds is 8. The highest BCUT2D eigenvalue weighted by molar-refractivity contribution is 5.78. The Morgan fingerprint density at radius 2 is 1.86 bits per heavy atom. The number of aryl methyl sites for hydroxylation is 1. The Kier molecular flexibility index (Phi) is 7.25. The molecular formula is C20H30N6O2. The molecule has 2 N–H and O–H groups in total. The summed E-state index contributed by atoms with van der Waals surface area (Å²) < 4.78 is 2.11. The smallest absolute Gasteiger partial charge is 0.317 e. The maximum Gasteiger partial charge on any atom is 0.317 e. The fourth-order valence-corrected chi connectivity index (χ4v) is 3.38. The summed E-state index contributed by atoms with van der Waals surface area (Å²) in [6.45, 7) is 7.38. The van der Waals surface area contributed by atoms with Crippen LogP contribution in [0.3, 0.4) is 0 Å². The van der Waals surface area contributed by atoms with E-state index in [4.69, 9.17) is 0 Å². The van der Waals surface area contributed by atoms with Gasteiger partial charge in [0, 0.05) is 45.8 Å². The molecule has 0 radical (unpaired) electrons. The maximum atomic E-state index is 12.3. The van der Waals surface area contributed by atoms with E-state index in [2.05, 4.69) is 31.2 Å². The van der Waals surface area contributed by atoms with Crippen LogP contribution in [0.2, 0.25) is 0 Å². The zero-order chi connectivity index (χ0) is 19.8.